The van der Waals surface area contributed by atoms with Crippen molar-refractivity contribution in [1.82, 2.24) is 9.36 Å². The number of nitrogens with one attached hydrogen (secondary N) is 1. The molecular formula is C9H12N4OS. The van der Waals surface area contributed by atoms with Gasteiger partial charge in [-0.25, -0.2) is 4.98 Å². The first kappa shape index (κ1) is 10.3. The van der Waals surface area contributed by atoms with E-state index in [2.05, 4.69) is 14.7 Å². The number of nitrogens with two attached hydrogens (primary N) is 1. The van der Waals surface area contributed by atoms with Crippen molar-refractivity contribution in [3.8, 4) is 0 Å². The van der Waals surface area contributed by atoms with Crippen LogP contribution in [0.25, 0.3) is 0 Å². The zero-order valence-electron chi connectivity index (χ0n) is 8.30. The smallest absolute Gasteiger partial charge is 0.233 e. The van der Waals surface area contributed by atoms with Crippen LogP contribution < -0.4 is 11.1 Å². The fourth-order valence-corrected chi connectivity index (χ4v) is 2.05. The summed E-state index contributed by atoms with van der Waals surface area (Å²) in [6.07, 6.45) is 4.37. The Bertz CT molecular complexity index is 401. The second kappa shape index (κ2) is 4.08. The standard InChI is InChI=1S/C9H12N4OS/c1-5-11-9(15-13-5)12-8(14)6-2-3-7(10)4-6/h2-3,6-7H,4,10H2,1H3,(H,11,12,13,14). The lowest BCUT2D eigenvalue weighted by molar-refractivity contribution is -0.118. The zero-order chi connectivity index (χ0) is 10.8. The number of amides is 1. The van der Waals surface area contributed by atoms with Gasteiger partial charge in [0.2, 0.25) is 11.0 Å². The minimum atomic E-state index is -0.135. The molecular weight excluding hydrogens is 212 g/mol. The molecule has 1 heterocycles. The molecule has 15 heavy (non-hydrogen) atoms. The lowest BCUT2D eigenvalue weighted by atomic mass is 10.1. The fraction of sp³-hybridized carbons (Fsp3) is 0.444. The maximum atomic E-state index is 11.7. The summed E-state index contributed by atoms with van der Waals surface area (Å²) < 4.78 is 3.98. The van der Waals surface area contributed by atoms with Crippen molar-refractivity contribution in [2.24, 2.45) is 11.7 Å². The van der Waals surface area contributed by atoms with Crippen molar-refractivity contribution in [1.29, 1.82) is 0 Å². The van der Waals surface area contributed by atoms with E-state index < -0.39 is 0 Å². The van der Waals surface area contributed by atoms with Gasteiger partial charge >= 0.3 is 0 Å². The van der Waals surface area contributed by atoms with Gasteiger partial charge in [-0.15, -0.1) is 0 Å². The molecule has 6 heteroatoms. The van der Waals surface area contributed by atoms with Gasteiger partial charge in [-0.1, -0.05) is 12.2 Å². The largest absolute Gasteiger partial charge is 0.324 e. The summed E-state index contributed by atoms with van der Waals surface area (Å²) in [6, 6.07) is -0.00286. The molecule has 1 amide bonds. The topological polar surface area (TPSA) is 80.9 Å². The Labute approximate surface area is 91.6 Å². The van der Waals surface area contributed by atoms with Gasteiger partial charge in [0.25, 0.3) is 0 Å². The van der Waals surface area contributed by atoms with Crippen molar-refractivity contribution >= 4 is 22.6 Å². The molecule has 0 aromatic carbocycles. The van der Waals surface area contributed by atoms with Crippen LogP contribution in [-0.4, -0.2) is 21.3 Å². The van der Waals surface area contributed by atoms with Gasteiger partial charge in [0.1, 0.15) is 5.82 Å². The lowest BCUT2D eigenvalue weighted by Crippen LogP contribution is -2.23. The van der Waals surface area contributed by atoms with E-state index in [0.29, 0.717) is 17.4 Å². The van der Waals surface area contributed by atoms with Crippen LogP contribution in [-0.2, 0) is 4.79 Å². The minimum absolute atomic E-state index is 0.00286. The number of aromatic nitrogens is 2. The Kier molecular flexibility index (Phi) is 2.79. The molecule has 3 N–H and O–H groups in total. The summed E-state index contributed by atoms with van der Waals surface area (Å²) in [5.41, 5.74) is 5.67. The summed E-state index contributed by atoms with van der Waals surface area (Å²) in [4.78, 5) is 15.8. The molecule has 1 aliphatic carbocycles. The van der Waals surface area contributed by atoms with Crippen molar-refractivity contribution in [2.45, 2.75) is 19.4 Å². The predicted molar refractivity (Wildman–Crippen MR) is 58.5 cm³/mol. The van der Waals surface area contributed by atoms with E-state index in [9.17, 15) is 4.79 Å². The van der Waals surface area contributed by atoms with E-state index in [1.54, 1.807) is 6.92 Å². The second-order valence-electron chi connectivity index (χ2n) is 3.53. The van der Waals surface area contributed by atoms with Crippen molar-refractivity contribution in [3.05, 3.63) is 18.0 Å². The molecule has 1 aromatic rings. The van der Waals surface area contributed by atoms with Gasteiger partial charge < -0.3 is 11.1 Å². The first-order valence-electron chi connectivity index (χ1n) is 4.70. The number of carbonyl (C=O) groups is 1. The molecule has 2 unspecified atom stereocenters. The maximum Gasteiger partial charge on any atom is 0.233 e. The summed E-state index contributed by atoms with van der Waals surface area (Å²) in [6.45, 7) is 1.79. The number of carbonyl (C=O) groups excluding carboxylic acids is 1. The third kappa shape index (κ3) is 2.40. The van der Waals surface area contributed by atoms with Crippen LogP contribution in [0, 0.1) is 12.8 Å². The number of hydrogen-bond acceptors (Lipinski definition) is 5. The molecule has 0 bridgehead atoms. The van der Waals surface area contributed by atoms with Gasteiger partial charge in [-0.05, 0) is 13.3 Å². The predicted octanol–water partition coefficient (Wildman–Crippen LogP) is 0.688. The highest BCUT2D eigenvalue weighted by Gasteiger charge is 2.23. The van der Waals surface area contributed by atoms with Crippen LogP contribution in [0.3, 0.4) is 0 Å². The molecule has 0 radical (unpaired) electrons. The van der Waals surface area contributed by atoms with E-state index >= 15 is 0 Å². The van der Waals surface area contributed by atoms with E-state index in [1.165, 1.54) is 11.5 Å². The Morgan fingerprint density at radius 3 is 3.00 bits per heavy atom. The fourth-order valence-electron chi connectivity index (χ4n) is 1.47. The Morgan fingerprint density at radius 2 is 2.47 bits per heavy atom. The molecule has 2 rings (SSSR count). The molecule has 80 valence electrons. The monoisotopic (exact) mass is 224 g/mol. The second-order valence-corrected chi connectivity index (χ2v) is 4.28. The van der Waals surface area contributed by atoms with E-state index in [4.69, 9.17) is 5.73 Å². The summed E-state index contributed by atoms with van der Waals surface area (Å²) in [5, 5.41) is 3.27. The molecule has 0 spiro atoms. The molecule has 1 aromatic heterocycles. The first-order valence-corrected chi connectivity index (χ1v) is 5.47. The lowest BCUT2D eigenvalue weighted by Gasteiger charge is -2.07. The quantitative estimate of drug-likeness (QED) is 0.724. The molecule has 1 aliphatic rings. The molecule has 0 saturated carbocycles. The summed E-state index contributed by atoms with van der Waals surface area (Å²) >= 11 is 1.19. The third-order valence-electron chi connectivity index (χ3n) is 2.21. The summed E-state index contributed by atoms with van der Waals surface area (Å²) in [5.74, 6) is 0.480. The average Bonchev–Trinajstić information content (AvgIpc) is 2.75. The third-order valence-corrected chi connectivity index (χ3v) is 2.93. The molecule has 0 aliphatic heterocycles. The minimum Gasteiger partial charge on any atom is -0.324 e. The van der Waals surface area contributed by atoms with Crippen LogP contribution in [0.4, 0.5) is 5.13 Å². The highest BCUT2D eigenvalue weighted by Crippen LogP contribution is 2.19. The number of rotatable bonds is 2. The van der Waals surface area contributed by atoms with Crippen molar-refractivity contribution in [2.75, 3.05) is 5.32 Å². The molecule has 0 fully saturated rings. The van der Waals surface area contributed by atoms with Crippen LogP contribution in [0.15, 0.2) is 12.2 Å². The van der Waals surface area contributed by atoms with Crippen LogP contribution in [0.5, 0.6) is 0 Å². The van der Waals surface area contributed by atoms with Crippen LogP contribution >= 0.6 is 11.5 Å². The van der Waals surface area contributed by atoms with Gasteiger partial charge in [-0.2, -0.15) is 4.37 Å². The summed E-state index contributed by atoms with van der Waals surface area (Å²) in [7, 11) is 0. The molecule has 2 atom stereocenters. The number of aryl methyl sites for hydroxylation is 1. The van der Waals surface area contributed by atoms with E-state index in [1.807, 2.05) is 12.2 Å². The van der Waals surface area contributed by atoms with E-state index in [-0.39, 0.29) is 17.9 Å². The van der Waals surface area contributed by atoms with Crippen LogP contribution in [0.2, 0.25) is 0 Å². The Hall–Kier alpha value is -1.27. The molecule has 5 nitrogen and oxygen atoms in total. The van der Waals surface area contributed by atoms with Crippen molar-refractivity contribution < 1.29 is 4.79 Å². The number of nitrogens with zero attached hydrogens (tertiary/aromatic N) is 2. The van der Waals surface area contributed by atoms with Crippen LogP contribution in [0.1, 0.15) is 12.2 Å². The SMILES string of the molecule is Cc1nsc(NC(=O)C2C=CC(N)C2)n1. The van der Waals surface area contributed by atoms with Gasteiger partial charge in [0, 0.05) is 17.6 Å². The molecule has 0 saturated heterocycles. The van der Waals surface area contributed by atoms with Gasteiger partial charge in [-0.3, -0.25) is 4.79 Å². The van der Waals surface area contributed by atoms with E-state index in [0.717, 1.165) is 0 Å². The van der Waals surface area contributed by atoms with Gasteiger partial charge in [0.15, 0.2) is 0 Å². The average molecular weight is 224 g/mol. The normalized spacial score (nSPS) is 24.4. The Morgan fingerprint density at radius 1 is 1.67 bits per heavy atom. The number of hydrogen-bond donors (Lipinski definition) is 2. The Balaban J connectivity index is 1.96. The van der Waals surface area contributed by atoms with Gasteiger partial charge in [0.05, 0.1) is 5.92 Å². The maximum absolute atomic E-state index is 11.7. The number of anilines is 1. The first-order chi connectivity index (χ1) is 7.15. The highest BCUT2D eigenvalue weighted by atomic mass is 32.1. The zero-order valence-corrected chi connectivity index (χ0v) is 9.12. The van der Waals surface area contributed by atoms with Crippen molar-refractivity contribution in [3.63, 3.8) is 0 Å². The highest BCUT2D eigenvalue weighted by molar-refractivity contribution is 7.09.